The molecule has 8 heteroatoms. The Kier molecular flexibility index (Phi) is 6.72. The van der Waals surface area contributed by atoms with Crippen LogP contribution in [0.3, 0.4) is 0 Å². The first kappa shape index (κ1) is 21.5. The molecule has 1 aromatic carbocycles. The van der Waals surface area contributed by atoms with Gasteiger partial charge in [-0.1, -0.05) is 30.3 Å². The average molecular weight is 435 g/mol. The van der Waals surface area contributed by atoms with Crippen molar-refractivity contribution in [1.82, 2.24) is 15.5 Å². The van der Waals surface area contributed by atoms with Crippen LogP contribution in [-0.2, 0) is 22.6 Å². The van der Waals surface area contributed by atoms with Gasteiger partial charge in [0, 0.05) is 12.2 Å². The van der Waals surface area contributed by atoms with Crippen LogP contribution in [0.4, 0.5) is 4.79 Å². The number of benzene rings is 1. The predicted molar refractivity (Wildman–Crippen MR) is 116 cm³/mol. The summed E-state index contributed by atoms with van der Waals surface area (Å²) < 4.78 is 16.4. The fraction of sp³-hybridized carbons (Fsp3) is 0.250. The van der Waals surface area contributed by atoms with Crippen molar-refractivity contribution in [3.8, 4) is 0 Å². The first-order chi connectivity index (χ1) is 15.6. The minimum absolute atomic E-state index is 0.230. The van der Waals surface area contributed by atoms with Crippen LogP contribution in [-0.4, -0.2) is 30.1 Å². The van der Waals surface area contributed by atoms with E-state index in [0.29, 0.717) is 24.4 Å². The molecule has 0 bridgehead atoms. The lowest BCUT2D eigenvalue weighted by Crippen LogP contribution is -2.48. The van der Waals surface area contributed by atoms with Crippen molar-refractivity contribution in [2.45, 2.75) is 26.1 Å². The lowest BCUT2D eigenvalue weighted by atomic mass is 9.95. The monoisotopic (exact) mass is 435 g/mol. The molecule has 0 saturated carbocycles. The molecular formula is C24H25N3O5. The molecule has 1 aliphatic heterocycles. The lowest BCUT2D eigenvalue weighted by molar-refractivity contribution is -0.139. The Labute approximate surface area is 185 Å². The number of nitrogens with one attached hydrogen (secondary N) is 2. The third kappa shape index (κ3) is 5.09. The molecule has 2 aromatic heterocycles. The van der Waals surface area contributed by atoms with Crippen molar-refractivity contribution in [1.29, 1.82) is 0 Å². The van der Waals surface area contributed by atoms with Crippen LogP contribution in [0, 0.1) is 0 Å². The number of ether oxygens (including phenoxy) is 1. The number of furan rings is 2. The van der Waals surface area contributed by atoms with Gasteiger partial charge in [0.15, 0.2) is 0 Å². The van der Waals surface area contributed by atoms with Crippen molar-refractivity contribution < 1.29 is 23.2 Å². The Morgan fingerprint density at radius 1 is 0.969 bits per heavy atom. The third-order valence-electron chi connectivity index (χ3n) is 5.08. The second kappa shape index (κ2) is 10.0. The number of amides is 2. The maximum atomic E-state index is 13.0. The van der Waals surface area contributed by atoms with Crippen molar-refractivity contribution in [2.24, 2.45) is 0 Å². The van der Waals surface area contributed by atoms with E-state index in [-0.39, 0.29) is 19.2 Å². The zero-order valence-corrected chi connectivity index (χ0v) is 17.7. The van der Waals surface area contributed by atoms with Crippen molar-refractivity contribution in [3.05, 3.63) is 95.5 Å². The van der Waals surface area contributed by atoms with Crippen LogP contribution in [0.25, 0.3) is 0 Å². The molecular weight excluding hydrogens is 410 g/mol. The zero-order chi connectivity index (χ0) is 22.3. The van der Waals surface area contributed by atoms with Gasteiger partial charge in [0.1, 0.15) is 11.5 Å². The molecule has 166 valence electrons. The fourth-order valence-corrected chi connectivity index (χ4v) is 3.73. The predicted octanol–water partition coefficient (Wildman–Crippen LogP) is 3.75. The van der Waals surface area contributed by atoms with E-state index in [1.54, 1.807) is 19.5 Å². The molecule has 2 amide bonds. The highest BCUT2D eigenvalue weighted by Gasteiger charge is 2.34. The van der Waals surface area contributed by atoms with E-state index < -0.39 is 12.0 Å². The highest BCUT2D eigenvalue weighted by molar-refractivity contribution is 5.95. The van der Waals surface area contributed by atoms with Gasteiger partial charge in [-0.15, -0.1) is 0 Å². The van der Waals surface area contributed by atoms with Gasteiger partial charge in [0.2, 0.25) is 0 Å². The Bertz CT molecular complexity index is 1020. The molecule has 8 nitrogen and oxygen atoms in total. The van der Waals surface area contributed by atoms with Crippen LogP contribution in [0.2, 0.25) is 0 Å². The molecule has 2 N–H and O–H groups in total. The molecule has 1 atom stereocenters. The number of nitrogens with zero attached hydrogens (tertiary/aromatic N) is 1. The smallest absolute Gasteiger partial charge is 0.338 e. The topological polar surface area (TPSA) is 96.9 Å². The highest BCUT2D eigenvalue weighted by Crippen LogP contribution is 2.28. The molecule has 0 radical (unpaired) electrons. The summed E-state index contributed by atoms with van der Waals surface area (Å²) in [5.41, 5.74) is 1.66. The minimum atomic E-state index is -0.618. The van der Waals surface area contributed by atoms with Gasteiger partial charge in [0.05, 0.1) is 43.8 Å². The number of hydrogen-bond donors (Lipinski definition) is 2. The Morgan fingerprint density at radius 3 is 2.19 bits per heavy atom. The van der Waals surface area contributed by atoms with Gasteiger partial charge in [-0.2, -0.15) is 0 Å². The van der Waals surface area contributed by atoms with Crippen molar-refractivity contribution in [2.75, 3.05) is 13.2 Å². The maximum absolute atomic E-state index is 13.0. The van der Waals surface area contributed by atoms with Crippen LogP contribution in [0.5, 0.6) is 0 Å². The lowest BCUT2D eigenvalue weighted by Gasteiger charge is -2.31. The standard InChI is InChI=1S/C24H25N3O5/c1-2-30-23(28)21-20(25-24(29)26-22(21)17-8-4-3-5-9-17)16-27(14-18-10-6-12-31-18)15-19-11-7-13-32-19/h3-13,22H,2,14-16H2,1H3,(H2,25,26,29). The first-order valence-corrected chi connectivity index (χ1v) is 10.4. The Morgan fingerprint density at radius 2 is 1.62 bits per heavy atom. The van der Waals surface area contributed by atoms with Gasteiger partial charge < -0.3 is 24.2 Å². The second-order valence-corrected chi connectivity index (χ2v) is 7.36. The summed E-state index contributed by atoms with van der Waals surface area (Å²) in [6, 6.07) is 15.8. The maximum Gasteiger partial charge on any atom is 0.338 e. The minimum Gasteiger partial charge on any atom is -0.468 e. The number of hydrogen-bond acceptors (Lipinski definition) is 6. The fourth-order valence-electron chi connectivity index (χ4n) is 3.73. The number of urea groups is 1. The van der Waals surface area contributed by atoms with E-state index in [9.17, 15) is 9.59 Å². The van der Waals surface area contributed by atoms with Crippen molar-refractivity contribution in [3.63, 3.8) is 0 Å². The SMILES string of the molecule is CCOC(=O)C1=C(CN(Cc2ccco2)Cc2ccco2)NC(=O)NC1c1ccccc1. The number of rotatable bonds is 9. The van der Waals surface area contributed by atoms with Crippen molar-refractivity contribution >= 4 is 12.0 Å². The highest BCUT2D eigenvalue weighted by atomic mass is 16.5. The molecule has 1 aliphatic rings. The summed E-state index contributed by atoms with van der Waals surface area (Å²) in [4.78, 5) is 27.5. The van der Waals surface area contributed by atoms with E-state index in [4.69, 9.17) is 13.6 Å². The molecule has 0 saturated heterocycles. The summed E-state index contributed by atoms with van der Waals surface area (Å²) in [7, 11) is 0. The molecule has 3 heterocycles. The second-order valence-electron chi connectivity index (χ2n) is 7.36. The van der Waals surface area contributed by atoms with E-state index >= 15 is 0 Å². The largest absolute Gasteiger partial charge is 0.468 e. The quantitative estimate of drug-likeness (QED) is 0.497. The van der Waals surface area contributed by atoms with Gasteiger partial charge in [-0.05, 0) is 36.8 Å². The summed E-state index contributed by atoms with van der Waals surface area (Å²) in [5.74, 6) is 1.05. The zero-order valence-electron chi connectivity index (χ0n) is 17.7. The van der Waals surface area contributed by atoms with E-state index in [1.165, 1.54) is 0 Å². The molecule has 32 heavy (non-hydrogen) atoms. The number of carbonyl (C=O) groups is 2. The van der Waals surface area contributed by atoms with Gasteiger partial charge in [0.25, 0.3) is 0 Å². The summed E-state index contributed by atoms with van der Waals surface area (Å²) in [6.07, 6.45) is 3.23. The van der Waals surface area contributed by atoms with E-state index in [1.807, 2.05) is 59.5 Å². The Balaban J connectivity index is 1.70. The van der Waals surface area contributed by atoms with Gasteiger partial charge in [-0.3, -0.25) is 4.90 Å². The molecule has 0 aliphatic carbocycles. The number of carbonyl (C=O) groups excluding carboxylic acids is 2. The molecule has 3 aromatic rings. The Hall–Kier alpha value is -3.78. The number of esters is 1. The van der Waals surface area contributed by atoms with Crippen LogP contribution in [0.1, 0.15) is 30.0 Å². The molecule has 4 rings (SSSR count). The molecule has 0 fully saturated rings. The summed E-state index contributed by atoms with van der Waals surface area (Å²) >= 11 is 0. The van der Waals surface area contributed by atoms with E-state index in [2.05, 4.69) is 10.6 Å². The average Bonchev–Trinajstić information content (AvgIpc) is 3.48. The molecule has 1 unspecified atom stereocenters. The van der Waals surface area contributed by atoms with Crippen LogP contribution in [0.15, 0.2) is 87.2 Å². The van der Waals surface area contributed by atoms with E-state index in [0.717, 1.165) is 17.1 Å². The third-order valence-corrected chi connectivity index (χ3v) is 5.08. The summed E-state index contributed by atoms with van der Waals surface area (Å²) in [6.45, 7) is 3.20. The van der Waals surface area contributed by atoms with Crippen LogP contribution >= 0.6 is 0 Å². The van der Waals surface area contributed by atoms with Crippen LogP contribution < -0.4 is 10.6 Å². The van der Waals surface area contributed by atoms with Gasteiger partial charge >= 0.3 is 12.0 Å². The van der Waals surface area contributed by atoms with Gasteiger partial charge in [-0.25, -0.2) is 9.59 Å². The summed E-state index contributed by atoms with van der Waals surface area (Å²) in [5, 5.41) is 5.67. The normalized spacial score (nSPS) is 16.1. The first-order valence-electron chi connectivity index (χ1n) is 10.4. The molecule has 0 spiro atoms.